The van der Waals surface area contributed by atoms with Crippen molar-refractivity contribution < 1.29 is 4.74 Å². The van der Waals surface area contributed by atoms with Gasteiger partial charge in [-0.25, -0.2) is 9.98 Å². The lowest BCUT2D eigenvalue weighted by Crippen LogP contribution is -2.51. The molecule has 1 aliphatic heterocycles. The van der Waals surface area contributed by atoms with E-state index in [1.807, 2.05) is 54.0 Å². The van der Waals surface area contributed by atoms with Crippen molar-refractivity contribution in [3.05, 3.63) is 77.3 Å². The van der Waals surface area contributed by atoms with E-state index in [4.69, 9.17) is 10.5 Å². The van der Waals surface area contributed by atoms with Gasteiger partial charge in [0, 0.05) is 37.8 Å². The maximum atomic E-state index is 6.25. The molecule has 2 heterocycles. The van der Waals surface area contributed by atoms with Crippen LogP contribution in [0.25, 0.3) is 0 Å². The van der Waals surface area contributed by atoms with Crippen LogP contribution in [0, 0.1) is 0 Å². The maximum Gasteiger partial charge on any atom is 0.191 e. The Morgan fingerprint density at radius 3 is 2.59 bits per heavy atom. The van der Waals surface area contributed by atoms with Crippen molar-refractivity contribution in [2.75, 3.05) is 31.1 Å². The third-order valence-corrected chi connectivity index (χ3v) is 5.70. The van der Waals surface area contributed by atoms with E-state index < -0.39 is 0 Å². The molecule has 2 N–H and O–H groups in total. The minimum absolute atomic E-state index is 0.543. The van der Waals surface area contributed by atoms with Gasteiger partial charge >= 0.3 is 0 Å². The zero-order chi connectivity index (χ0) is 19.9. The first-order valence-corrected chi connectivity index (χ1v) is 10.6. The van der Waals surface area contributed by atoms with E-state index in [9.17, 15) is 0 Å². The Morgan fingerprint density at radius 2 is 1.83 bits per heavy atom. The van der Waals surface area contributed by atoms with Crippen LogP contribution in [-0.4, -0.2) is 42.0 Å². The first-order chi connectivity index (χ1) is 14.3. The van der Waals surface area contributed by atoms with Crippen LogP contribution in [0.3, 0.4) is 0 Å². The average molecular weight is 408 g/mol. The number of nitrogens with two attached hydrogens (primary N) is 1. The normalized spacial score (nSPS) is 14.8. The molecule has 0 amide bonds. The van der Waals surface area contributed by atoms with Gasteiger partial charge < -0.3 is 20.3 Å². The minimum Gasteiger partial charge on any atom is -0.489 e. The molecule has 0 unspecified atom stereocenters. The molecule has 0 bridgehead atoms. The summed E-state index contributed by atoms with van der Waals surface area (Å²) < 4.78 is 5.90. The number of aliphatic imine (C=N–C) groups is 1. The molecule has 1 saturated heterocycles. The highest BCUT2D eigenvalue weighted by molar-refractivity contribution is 7.13. The molecule has 0 spiro atoms. The molecule has 7 heteroatoms. The predicted octanol–water partition coefficient (Wildman–Crippen LogP) is 3.36. The highest BCUT2D eigenvalue weighted by Crippen LogP contribution is 2.19. The maximum absolute atomic E-state index is 6.25. The molecule has 1 fully saturated rings. The number of guanidine groups is 1. The Balaban J connectivity index is 1.29. The average Bonchev–Trinajstić information content (AvgIpc) is 3.32. The van der Waals surface area contributed by atoms with Gasteiger partial charge in [0.05, 0.1) is 6.54 Å². The zero-order valence-electron chi connectivity index (χ0n) is 16.3. The Labute approximate surface area is 175 Å². The van der Waals surface area contributed by atoms with Gasteiger partial charge in [0.15, 0.2) is 11.1 Å². The summed E-state index contributed by atoms with van der Waals surface area (Å²) in [4.78, 5) is 13.4. The number of benzene rings is 2. The van der Waals surface area contributed by atoms with Crippen molar-refractivity contribution >= 4 is 22.4 Å². The largest absolute Gasteiger partial charge is 0.489 e. The highest BCUT2D eigenvalue weighted by Gasteiger charge is 2.19. The zero-order valence-corrected chi connectivity index (χ0v) is 17.1. The topological polar surface area (TPSA) is 67.0 Å². The number of anilines is 1. The van der Waals surface area contributed by atoms with Crippen molar-refractivity contribution in [1.29, 1.82) is 0 Å². The smallest absolute Gasteiger partial charge is 0.191 e. The van der Waals surface area contributed by atoms with Gasteiger partial charge in [-0.05, 0) is 23.3 Å². The van der Waals surface area contributed by atoms with Crippen LogP contribution in [0.2, 0.25) is 0 Å². The Hall–Kier alpha value is -3.06. The van der Waals surface area contributed by atoms with E-state index >= 15 is 0 Å². The number of ether oxygens (including phenoxy) is 1. The molecule has 3 aromatic rings. The van der Waals surface area contributed by atoms with Gasteiger partial charge in [-0.15, -0.1) is 11.3 Å². The van der Waals surface area contributed by atoms with E-state index in [0.29, 0.717) is 19.1 Å². The first-order valence-electron chi connectivity index (χ1n) is 9.73. The summed E-state index contributed by atoms with van der Waals surface area (Å²) in [6, 6.07) is 18.2. The van der Waals surface area contributed by atoms with Gasteiger partial charge in [-0.2, -0.15) is 0 Å². The lowest BCUT2D eigenvalue weighted by molar-refractivity contribution is 0.306. The molecule has 0 radical (unpaired) electrons. The van der Waals surface area contributed by atoms with Crippen LogP contribution < -0.4 is 15.4 Å². The number of hydrogen-bond donors (Lipinski definition) is 1. The van der Waals surface area contributed by atoms with E-state index in [0.717, 1.165) is 48.2 Å². The fourth-order valence-electron chi connectivity index (χ4n) is 3.25. The highest BCUT2D eigenvalue weighted by atomic mass is 32.1. The second-order valence-corrected chi connectivity index (χ2v) is 7.76. The van der Waals surface area contributed by atoms with E-state index in [2.05, 4.69) is 31.9 Å². The second kappa shape index (κ2) is 9.43. The molecule has 0 aliphatic carbocycles. The number of nitrogens with zero attached hydrogens (tertiary/aromatic N) is 4. The van der Waals surface area contributed by atoms with Crippen LogP contribution >= 0.6 is 11.3 Å². The summed E-state index contributed by atoms with van der Waals surface area (Å²) >= 11 is 1.67. The van der Waals surface area contributed by atoms with Crippen LogP contribution in [0.5, 0.6) is 5.75 Å². The lowest BCUT2D eigenvalue weighted by atomic mass is 10.2. The summed E-state index contributed by atoms with van der Waals surface area (Å²) in [5.74, 6) is 1.44. The van der Waals surface area contributed by atoms with Crippen molar-refractivity contribution in [2.24, 2.45) is 10.7 Å². The second-order valence-electron chi connectivity index (χ2n) is 6.88. The van der Waals surface area contributed by atoms with E-state index in [1.165, 1.54) is 0 Å². The molecule has 2 aromatic carbocycles. The van der Waals surface area contributed by atoms with Gasteiger partial charge in [0.2, 0.25) is 0 Å². The summed E-state index contributed by atoms with van der Waals surface area (Å²) in [6.07, 6.45) is 1.85. The standard InChI is InChI=1S/C22H25N5OS/c23-21(26-10-12-27(13-11-26)22-24-9-14-29-22)25-16-19-7-4-8-20(15-19)28-17-18-5-2-1-3-6-18/h1-9,14-15H,10-13,16-17H2,(H2,23,25). The van der Waals surface area contributed by atoms with Crippen molar-refractivity contribution in [2.45, 2.75) is 13.2 Å². The van der Waals surface area contributed by atoms with Gasteiger partial charge in [0.25, 0.3) is 0 Å². The third-order valence-electron chi connectivity index (χ3n) is 4.86. The lowest BCUT2D eigenvalue weighted by Gasteiger charge is -2.35. The molecule has 0 atom stereocenters. The SMILES string of the molecule is NC(=NCc1cccc(OCc2ccccc2)c1)N1CCN(c2nccs2)CC1. The quantitative estimate of drug-likeness (QED) is 0.501. The van der Waals surface area contributed by atoms with Crippen LogP contribution in [0.15, 0.2) is 71.2 Å². The molecule has 1 aromatic heterocycles. The van der Waals surface area contributed by atoms with E-state index in [-0.39, 0.29) is 0 Å². The van der Waals surface area contributed by atoms with E-state index in [1.54, 1.807) is 11.3 Å². The molecule has 0 saturated carbocycles. The minimum atomic E-state index is 0.543. The molecule has 6 nitrogen and oxygen atoms in total. The molecule has 29 heavy (non-hydrogen) atoms. The predicted molar refractivity (Wildman–Crippen MR) is 118 cm³/mol. The summed E-state index contributed by atoms with van der Waals surface area (Å²) in [6.45, 7) is 4.63. The van der Waals surface area contributed by atoms with Crippen LogP contribution in [-0.2, 0) is 13.2 Å². The molecular weight excluding hydrogens is 382 g/mol. The molecular formula is C22H25N5OS. The fourth-order valence-corrected chi connectivity index (χ4v) is 3.94. The number of hydrogen-bond acceptors (Lipinski definition) is 5. The summed E-state index contributed by atoms with van der Waals surface area (Å²) in [5.41, 5.74) is 8.48. The fraction of sp³-hybridized carbons (Fsp3) is 0.273. The Bertz CT molecular complexity index is 921. The van der Waals surface area contributed by atoms with Gasteiger partial charge in [-0.1, -0.05) is 42.5 Å². The number of rotatable bonds is 6. The van der Waals surface area contributed by atoms with Crippen LogP contribution in [0.1, 0.15) is 11.1 Å². The Kier molecular flexibility index (Phi) is 6.26. The van der Waals surface area contributed by atoms with Crippen molar-refractivity contribution in [3.63, 3.8) is 0 Å². The number of piperazine rings is 1. The Morgan fingerprint density at radius 1 is 1.03 bits per heavy atom. The number of thiazole rings is 1. The van der Waals surface area contributed by atoms with Crippen molar-refractivity contribution in [1.82, 2.24) is 9.88 Å². The third kappa shape index (κ3) is 5.26. The molecule has 150 valence electrons. The summed E-state index contributed by atoms with van der Waals surface area (Å²) in [5, 5.41) is 3.09. The monoisotopic (exact) mass is 407 g/mol. The van der Waals surface area contributed by atoms with Crippen LogP contribution in [0.4, 0.5) is 5.13 Å². The number of aromatic nitrogens is 1. The molecule has 4 rings (SSSR count). The van der Waals surface area contributed by atoms with Crippen molar-refractivity contribution in [3.8, 4) is 5.75 Å². The van der Waals surface area contributed by atoms with Gasteiger partial charge in [-0.3, -0.25) is 0 Å². The molecule has 1 aliphatic rings. The first kappa shape index (κ1) is 19.3. The van der Waals surface area contributed by atoms with Gasteiger partial charge in [0.1, 0.15) is 12.4 Å². The summed E-state index contributed by atoms with van der Waals surface area (Å²) in [7, 11) is 0.